The molecule has 0 atom stereocenters. The molecule has 1 heterocycles. The molecule has 0 aliphatic heterocycles. The smallest absolute Gasteiger partial charge is 0.254 e. The Morgan fingerprint density at radius 2 is 1.78 bits per heavy atom. The highest BCUT2D eigenvalue weighted by atomic mass is 32.2. The Morgan fingerprint density at radius 3 is 2.35 bits per heavy atom. The van der Waals surface area contributed by atoms with Gasteiger partial charge in [0.05, 0.1) is 16.9 Å². The van der Waals surface area contributed by atoms with Crippen molar-refractivity contribution >= 4 is 38.0 Å². The monoisotopic (exact) mass is 352 g/mol. The van der Waals surface area contributed by atoms with Gasteiger partial charge in [-0.25, -0.2) is 8.42 Å². The maximum absolute atomic E-state index is 12.1. The number of amides is 2. The van der Waals surface area contributed by atoms with Crippen molar-refractivity contribution in [2.24, 2.45) is 0 Å². The number of benzene rings is 1. The Bertz CT molecular complexity index is 823. The lowest BCUT2D eigenvalue weighted by Gasteiger charge is -2.06. The molecular formula is C15H16N2O4S2. The Labute approximate surface area is 138 Å². The number of anilines is 1. The van der Waals surface area contributed by atoms with Crippen LogP contribution in [0.4, 0.5) is 5.00 Å². The summed E-state index contributed by atoms with van der Waals surface area (Å²) in [6.45, 7) is 0. The van der Waals surface area contributed by atoms with Gasteiger partial charge in [-0.2, -0.15) is 0 Å². The number of hydrogen-bond acceptors (Lipinski definition) is 5. The molecule has 122 valence electrons. The third-order valence-electron chi connectivity index (χ3n) is 3.11. The summed E-state index contributed by atoms with van der Waals surface area (Å²) in [5.74, 6) is -0.538. The first-order valence-electron chi connectivity index (χ1n) is 6.69. The van der Waals surface area contributed by atoms with Crippen molar-refractivity contribution in [3.05, 3.63) is 46.8 Å². The second kappa shape index (κ2) is 6.93. The summed E-state index contributed by atoms with van der Waals surface area (Å²) < 4.78 is 22.8. The van der Waals surface area contributed by atoms with Gasteiger partial charge < -0.3 is 10.6 Å². The number of nitrogens with one attached hydrogen (secondary N) is 2. The summed E-state index contributed by atoms with van der Waals surface area (Å²) in [7, 11) is -1.73. The van der Waals surface area contributed by atoms with Crippen molar-refractivity contribution in [3.8, 4) is 0 Å². The molecule has 0 bridgehead atoms. The molecule has 0 unspecified atom stereocenters. The molecule has 8 heteroatoms. The average molecular weight is 352 g/mol. The van der Waals surface area contributed by atoms with E-state index in [9.17, 15) is 18.0 Å². The van der Waals surface area contributed by atoms with Crippen LogP contribution in [-0.4, -0.2) is 33.5 Å². The molecule has 1 aromatic carbocycles. The van der Waals surface area contributed by atoms with E-state index in [1.165, 1.54) is 30.5 Å². The Morgan fingerprint density at radius 1 is 1.13 bits per heavy atom. The first kappa shape index (κ1) is 17.2. The number of hydrogen-bond donors (Lipinski definition) is 2. The molecule has 0 spiro atoms. The average Bonchev–Trinajstić information content (AvgIpc) is 2.94. The summed E-state index contributed by atoms with van der Waals surface area (Å²) in [6.07, 6.45) is 1.22. The highest BCUT2D eigenvalue weighted by molar-refractivity contribution is 7.90. The first-order valence-corrected chi connectivity index (χ1v) is 9.47. The summed E-state index contributed by atoms with van der Waals surface area (Å²) in [5, 5.41) is 7.42. The molecule has 0 fully saturated rings. The molecule has 0 saturated heterocycles. The van der Waals surface area contributed by atoms with Crippen LogP contribution in [0.5, 0.6) is 0 Å². The van der Waals surface area contributed by atoms with E-state index < -0.39 is 9.84 Å². The van der Waals surface area contributed by atoms with Gasteiger partial charge >= 0.3 is 0 Å². The number of thiophene rings is 1. The van der Waals surface area contributed by atoms with Gasteiger partial charge in [0.1, 0.15) is 5.00 Å². The topological polar surface area (TPSA) is 92.3 Å². The second-order valence-corrected chi connectivity index (χ2v) is 7.82. The molecule has 2 aromatic rings. The zero-order valence-electron chi connectivity index (χ0n) is 12.6. The molecule has 2 N–H and O–H groups in total. The molecule has 2 amide bonds. The molecule has 1 aromatic heterocycles. The van der Waals surface area contributed by atoms with E-state index >= 15 is 0 Å². The second-order valence-electron chi connectivity index (χ2n) is 4.88. The summed E-state index contributed by atoms with van der Waals surface area (Å²) >= 11 is 1.27. The molecule has 0 saturated carbocycles. The van der Waals surface area contributed by atoms with Gasteiger partial charge in [-0.3, -0.25) is 9.59 Å². The lowest BCUT2D eigenvalue weighted by atomic mass is 10.1. The predicted molar refractivity (Wildman–Crippen MR) is 89.6 cm³/mol. The number of carbonyl (C=O) groups is 2. The maximum atomic E-state index is 12.1. The number of carbonyl (C=O) groups excluding carboxylic acids is 2. The minimum absolute atomic E-state index is 0.0924. The van der Waals surface area contributed by atoms with E-state index in [1.807, 2.05) is 0 Å². The summed E-state index contributed by atoms with van der Waals surface area (Å²) in [5.41, 5.74) is 1.10. The molecule has 6 nitrogen and oxygen atoms in total. The van der Waals surface area contributed by atoms with E-state index in [0.717, 1.165) is 6.26 Å². The van der Waals surface area contributed by atoms with Gasteiger partial charge in [0, 0.05) is 13.3 Å². The van der Waals surface area contributed by atoms with Gasteiger partial charge in [-0.05, 0) is 29.1 Å². The van der Waals surface area contributed by atoms with Crippen LogP contribution in [0.1, 0.15) is 15.9 Å². The first-order chi connectivity index (χ1) is 10.8. The van der Waals surface area contributed by atoms with Crippen LogP contribution in [0.3, 0.4) is 0 Å². The van der Waals surface area contributed by atoms with Crippen LogP contribution < -0.4 is 10.6 Å². The zero-order valence-corrected chi connectivity index (χ0v) is 14.3. The summed E-state index contributed by atoms with van der Waals surface area (Å²) in [6, 6.07) is 7.78. The fourth-order valence-corrected chi connectivity index (χ4v) is 3.36. The van der Waals surface area contributed by atoms with Crippen molar-refractivity contribution in [1.29, 1.82) is 0 Å². The zero-order chi connectivity index (χ0) is 17.0. The molecule has 23 heavy (non-hydrogen) atoms. The van der Waals surface area contributed by atoms with Crippen LogP contribution in [0.2, 0.25) is 0 Å². The fourth-order valence-electron chi connectivity index (χ4n) is 1.93. The molecule has 0 aliphatic carbocycles. The van der Waals surface area contributed by atoms with Crippen molar-refractivity contribution in [2.75, 3.05) is 18.6 Å². The van der Waals surface area contributed by atoms with Crippen molar-refractivity contribution in [3.63, 3.8) is 0 Å². The minimum atomic E-state index is -3.25. The van der Waals surface area contributed by atoms with E-state index in [2.05, 4.69) is 10.6 Å². The lowest BCUT2D eigenvalue weighted by molar-refractivity contribution is -0.115. The quantitative estimate of drug-likeness (QED) is 0.856. The van der Waals surface area contributed by atoms with E-state index in [-0.39, 0.29) is 23.1 Å². The van der Waals surface area contributed by atoms with Crippen molar-refractivity contribution < 1.29 is 18.0 Å². The van der Waals surface area contributed by atoms with E-state index in [0.29, 0.717) is 16.1 Å². The number of rotatable bonds is 5. The Kier molecular flexibility index (Phi) is 5.17. The SMILES string of the molecule is CNC(=O)c1ccsc1NC(=O)Cc1ccc(S(C)(=O)=O)cc1. The van der Waals surface area contributed by atoms with Crippen LogP contribution in [0.25, 0.3) is 0 Å². The Balaban J connectivity index is 2.06. The van der Waals surface area contributed by atoms with Crippen LogP contribution in [0, 0.1) is 0 Å². The summed E-state index contributed by atoms with van der Waals surface area (Å²) in [4.78, 5) is 23.9. The lowest BCUT2D eigenvalue weighted by Crippen LogP contribution is -2.20. The van der Waals surface area contributed by atoms with E-state index in [4.69, 9.17) is 0 Å². The molecular weight excluding hydrogens is 336 g/mol. The van der Waals surface area contributed by atoms with Gasteiger partial charge in [0.25, 0.3) is 5.91 Å². The van der Waals surface area contributed by atoms with Crippen LogP contribution in [-0.2, 0) is 21.1 Å². The molecule has 0 radical (unpaired) electrons. The van der Waals surface area contributed by atoms with E-state index in [1.54, 1.807) is 23.6 Å². The standard InChI is InChI=1S/C15H16N2O4S2/c1-16-14(19)12-7-8-22-15(12)17-13(18)9-10-3-5-11(6-4-10)23(2,20)21/h3-8H,9H2,1-2H3,(H,16,19)(H,17,18). The van der Waals surface area contributed by atoms with Gasteiger partial charge in [-0.1, -0.05) is 12.1 Å². The molecule has 0 aliphatic rings. The van der Waals surface area contributed by atoms with Crippen molar-refractivity contribution in [1.82, 2.24) is 5.32 Å². The van der Waals surface area contributed by atoms with Crippen molar-refractivity contribution in [2.45, 2.75) is 11.3 Å². The maximum Gasteiger partial charge on any atom is 0.254 e. The van der Waals surface area contributed by atoms with Crippen LogP contribution >= 0.6 is 11.3 Å². The predicted octanol–water partition coefficient (Wildman–Crippen LogP) is 1.69. The van der Waals surface area contributed by atoms with Gasteiger partial charge in [-0.15, -0.1) is 11.3 Å². The largest absolute Gasteiger partial charge is 0.355 e. The number of sulfone groups is 1. The fraction of sp³-hybridized carbons (Fsp3) is 0.200. The normalized spacial score (nSPS) is 11.0. The van der Waals surface area contributed by atoms with Gasteiger partial charge in [0.15, 0.2) is 9.84 Å². The minimum Gasteiger partial charge on any atom is -0.355 e. The highest BCUT2D eigenvalue weighted by Gasteiger charge is 2.14. The highest BCUT2D eigenvalue weighted by Crippen LogP contribution is 2.23. The van der Waals surface area contributed by atoms with Gasteiger partial charge in [0.2, 0.25) is 5.91 Å². The van der Waals surface area contributed by atoms with Crippen LogP contribution in [0.15, 0.2) is 40.6 Å². The third-order valence-corrected chi connectivity index (χ3v) is 5.06. The molecule has 2 rings (SSSR count). The third kappa shape index (κ3) is 4.40. The Hall–Kier alpha value is -2.19.